The molecule has 0 fully saturated rings. The van der Waals surface area contributed by atoms with Gasteiger partial charge >= 0.3 is 0 Å². The van der Waals surface area contributed by atoms with E-state index < -0.39 is 0 Å². The highest BCUT2D eigenvalue weighted by Gasteiger charge is 2.42. The van der Waals surface area contributed by atoms with E-state index in [0.29, 0.717) is 17.5 Å². The van der Waals surface area contributed by atoms with Crippen LogP contribution in [0.15, 0.2) is 320 Å². The summed E-state index contributed by atoms with van der Waals surface area (Å²) in [5.74, 6) is 1.86. The predicted octanol–water partition coefficient (Wildman–Crippen LogP) is 22.6. The molecular formula is C84H58N4O. The topological polar surface area (TPSA) is 55.1 Å². The van der Waals surface area contributed by atoms with Gasteiger partial charge < -0.3 is 9.32 Å². The molecule has 0 saturated heterocycles. The minimum atomic E-state index is -0.366. The van der Waals surface area contributed by atoms with Gasteiger partial charge in [0.1, 0.15) is 11.2 Å². The molecule has 0 N–H and O–H groups in total. The molecule has 0 aliphatic heterocycles. The number of rotatable bonds is 12. The third-order valence-corrected chi connectivity index (χ3v) is 17.7. The number of furan rings is 1. The monoisotopic (exact) mass is 1140 g/mol. The standard InChI is InChI=1S/C84H58N4O/c1-84(2)72-37-20-18-34-71(72)78-76(58-25-10-4-11-26-58)74(75(77(79(78)84)59-27-12-5-13-28-59)60-39-41-64(42-40-60)83-86-81(62-29-14-6-15-30-62)85-82(87-83)63-31-16-7-17-32-63)61-47-53-67(54-48-61)88(65-49-43-56(44-50-65)55-23-8-3-9-24-55)66-51-45-57(46-52-66)68-35-22-36-70-69-33-19-21-38-73(69)89-80(68)70/h3-54H,1-2H3. The molecule has 0 saturated carbocycles. The first-order valence-electron chi connectivity index (χ1n) is 30.4. The molecule has 89 heavy (non-hydrogen) atoms. The molecule has 0 bridgehead atoms. The number of nitrogens with zero attached hydrogens (tertiary/aromatic N) is 4. The van der Waals surface area contributed by atoms with Crippen LogP contribution < -0.4 is 4.90 Å². The first-order chi connectivity index (χ1) is 43.9. The molecule has 2 heterocycles. The maximum atomic E-state index is 6.55. The van der Waals surface area contributed by atoms with Crippen LogP contribution in [0.1, 0.15) is 25.0 Å². The molecular weight excluding hydrogens is 1080 g/mol. The minimum absolute atomic E-state index is 0.366. The van der Waals surface area contributed by atoms with Gasteiger partial charge in [-0.1, -0.05) is 287 Å². The Kier molecular flexibility index (Phi) is 13.1. The van der Waals surface area contributed by atoms with Crippen LogP contribution in [-0.2, 0) is 5.41 Å². The second-order valence-electron chi connectivity index (χ2n) is 23.4. The Morgan fingerprint density at radius 2 is 0.618 bits per heavy atom. The van der Waals surface area contributed by atoms with Gasteiger partial charge in [-0.05, 0) is 126 Å². The summed E-state index contributed by atoms with van der Waals surface area (Å²) in [5.41, 5.74) is 26.1. The third-order valence-electron chi connectivity index (χ3n) is 17.7. The van der Waals surface area contributed by atoms with Gasteiger partial charge in [0.2, 0.25) is 0 Å². The number of aromatic nitrogens is 3. The van der Waals surface area contributed by atoms with Gasteiger partial charge in [0.05, 0.1) is 0 Å². The predicted molar refractivity (Wildman–Crippen MR) is 368 cm³/mol. The van der Waals surface area contributed by atoms with Crippen molar-refractivity contribution in [1.82, 2.24) is 15.0 Å². The molecule has 1 aliphatic carbocycles. The average molecular weight is 1140 g/mol. The summed E-state index contributed by atoms with van der Waals surface area (Å²) in [6.45, 7) is 4.81. The fraction of sp³-hybridized carbons (Fsp3) is 0.0357. The van der Waals surface area contributed by atoms with Gasteiger partial charge in [-0.3, -0.25) is 0 Å². The van der Waals surface area contributed by atoms with E-state index in [1.165, 1.54) is 38.9 Å². The third kappa shape index (κ3) is 9.39. The van der Waals surface area contributed by atoms with Crippen molar-refractivity contribution in [3.63, 3.8) is 0 Å². The van der Waals surface area contributed by atoms with Gasteiger partial charge in [-0.25, -0.2) is 15.0 Å². The summed E-state index contributed by atoms with van der Waals surface area (Å²) < 4.78 is 6.55. The zero-order valence-corrected chi connectivity index (χ0v) is 49.2. The summed E-state index contributed by atoms with van der Waals surface area (Å²) in [7, 11) is 0. The number of fused-ring (bicyclic) bond motifs is 6. The number of hydrogen-bond acceptors (Lipinski definition) is 5. The highest BCUT2D eigenvalue weighted by Crippen LogP contribution is 2.61. The fourth-order valence-electron chi connectivity index (χ4n) is 13.5. The van der Waals surface area contributed by atoms with Crippen LogP contribution >= 0.6 is 0 Å². The summed E-state index contributed by atoms with van der Waals surface area (Å²) in [6.07, 6.45) is 0. The average Bonchev–Trinajstić information content (AvgIpc) is 1.58. The lowest BCUT2D eigenvalue weighted by Gasteiger charge is -2.31. The van der Waals surface area contributed by atoms with Crippen LogP contribution in [-0.4, -0.2) is 15.0 Å². The summed E-state index contributed by atoms with van der Waals surface area (Å²) in [5, 5.41) is 2.23. The zero-order valence-electron chi connectivity index (χ0n) is 49.2. The highest BCUT2D eigenvalue weighted by molar-refractivity contribution is 6.13. The Morgan fingerprint density at radius 1 is 0.270 bits per heavy atom. The largest absolute Gasteiger partial charge is 0.455 e. The number of para-hydroxylation sites is 2. The number of anilines is 3. The van der Waals surface area contributed by atoms with E-state index in [0.717, 1.165) is 106 Å². The van der Waals surface area contributed by atoms with Crippen molar-refractivity contribution in [2.45, 2.75) is 19.3 Å². The second kappa shape index (κ2) is 22.1. The van der Waals surface area contributed by atoms with Crippen LogP contribution in [0.3, 0.4) is 0 Å². The van der Waals surface area contributed by atoms with Crippen molar-refractivity contribution < 1.29 is 4.42 Å². The maximum Gasteiger partial charge on any atom is 0.164 e. The van der Waals surface area contributed by atoms with Gasteiger partial charge in [0.25, 0.3) is 0 Å². The Hall–Kier alpha value is -11.5. The molecule has 13 aromatic carbocycles. The fourth-order valence-corrected chi connectivity index (χ4v) is 13.5. The van der Waals surface area contributed by atoms with E-state index in [1.807, 2.05) is 48.5 Å². The Morgan fingerprint density at radius 3 is 1.17 bits per heavy atom. The first kappa shape index (κ1) is 53.0. The quantitative estimate of drug-likeness (QED) is 0.122. The van der Waals surface area contributed by atoms with Crippen molar-refractivity contribution in [1.29, 1.82) is 0 Å². The summed E-state index contributed by atoms with van der Waals surface area (Å²) in [4.78, 5) is 17.7. The molecule has 5 heteroatoms. The lowest BCUT2D eigenvalue weighted by Crippen LogP contribution is -2.17. The van der Waals surface area contributed by atoms with Crippen LogP contribution in [0.25, 0.3) is 134 Å². The van der Waals surface area contributed by atoms with E-state index >= 15 is 0 Å². The van der Waals surface area contributed by atoms with Crippen molar-refractivity contribution in [3.05, 3.63) is 327 Å². The van der Waals surface area contributed by atoms with Crippen LogP contribution in [0.2, 0.25) is 0 Å². The van der Waals surface area contributed by atoms with E-state index in [9.17, 15) is 0 Å². The van der Waals surface area contributed by atoms with E-state index in [4.69, 9.17) is 19.4 Å². The lowest BCUT2D eigenvalue weighted by atomic mass is 9.72. The van der Waals surface area contributed by atoms with Gasteiger partial charge in [0.15, 0.2) is 17.5 Å². The molecule has 0 radical (unpaired) electrons. The number of hydrogen-bond donors (Lipinski definition) is 0. The molecule has 0 unspecified atom stereocenters. The molecule has 16 rings (SSSR count). The van der Waals surface area contributed by atoms with Crippen molar-refractivity contribution in [3.8, 4) is 112 Å². The van der Waals surface area contributed by atoms with Crippen LogP contribution in [0, 0.1) is 0 Å². The van der Waals surface area contributed by atoms with Crippen LogP contribution in [0.4, 0.5) is 17.1 Å². The molecule has 0 amide bonds. The minimum Gasteiger partial charge on any atom is -0.455 e. The Balaban J connectivity index is 0.902. The van der Waals surface area contributed by atoms with Gasteiger partial charge in [-0.15, -0.1) is 0 Å². The van der Waals surface area contributed by atoms with Crippen molar-refractivity contribution in [2.75, 3.05) is 4.90 Å². The lowest BCUT2D eigenvalue weighted by molar-refractivity contribution is 0.662. The Labute approximate surface area is 518 Å². The second-order valence-corrected chi connectivity index (χ2v) is 23.4. The molecule has 2 aromatic heterocycles. The van der Waals surface area contributed by atoms with Crippen LogP contribution in [0.5, 0.6) is 0 Å². The van der Waals surface area contributed by atoms with E-state index in [-0.39, 0.29) is 5.41 Å². The molecule has 0 atom stereocenters. The molecule has 0 spiro atoms. The van der Waals surface area contributed by atoms with E-state index in [2.05, 4.69) is 286 Å². The molecule has 1 aliphatic rings. The molecule has 420 valence electrons. The SMILES string of the molecule is CC1(C)c2ccccc2-c2c(-c3ccccc3)c(-c3ccc(N(c4ccc(-c5ccccc5)cc4)c4ccc(-c5cccc6c5oc5ccccc56)cc4)cc3)c(-c3ccc(-c4nc(-c5ccccc5)nc(-c5ccccc5)n4)cc3)c(-c3ccccc3)c21. The van der Waals surface area contributed by atoms with Gasteiger partial charge in [0, 0.05) is 55.5 Å². The van der Waals surface area contributed by atoms with Crippen molar-refractivity contribution in [2.24, 2.45) is 0 Å². The van der Waals surface area contributed by atoms with Crippen molar-refractivity contribution >= 4 is 39.0 Å². The van der Waals surface area contributed by atoms with E-state index in [1.54, 1.807) is 0 Å². The van der Waals surface area contributed by atoms with Gasteiger partial charge in [-0.2, -0.15) is 0 Å². The molecule has 5 nitrogen and oxygen atoms in total. The summed E-state index contributed by atoms with van der Waals surface area (Å²) >= 11 is 0. The normalized spacial score (nSPS) is 12.2. The molecule has 15 aromatic rings. The summed E-state index contributed by atoms with van der Waals surface area (Å²) in [6, 6.07) is 113. The zero-order chi connectivity index (χ0) is 59.4. The first-order valence-corrected chi connectivity index (χ1v) is 30.4. The maximum absolute atomic E-state index is 6.55. The highest BCUT2D eigenvalue weighted by atomic mass is 16.3. The number of benzene rings is 13. The Bertz CT molecular complexity index is 5030. The smallest absolute Gasteiger partial charge is 0.164 e.